The Morgan fingerprint density at radius 3 is 2.26 bits per heavy atom. The van der Waals surface area contributed by atoms with E-state index in [9.17, 15) is 14.7 Å². The fourth-order valence-electron chi connectivity index (χ4n) is 2.04. The van der Waals surface area contributed by atoms with Crippen LogP contribution in [0.1, 0.15) is 39.5 Å². The van der Waals surface area contributed by atoms with E-state index in [0.717, 1.165) is 0 Å². The van der Waals surface area contributed by atoms with Crippen molar-refractivity contribution in [3.05, 3.63) is 23.8 Å². The molecule has 0 heterocycles. The molecule has 0 aromatic rings. The summed E-state index contributed by atoms with van der Waals surface area (Å²) in [7, 11) is 0. The Hall–Kier alpha value is -1.62. The predicted octanol–water partition coefficient (Wildman–Crippen LogP) is 2.02. The first kappa shape index (κ1) is 15.4. The van der Waals surface area contributed by atoms with Crippen LogP contribution in [0.25, 0.3) is 0 Å². The number of hydrogen-bond donors (Lipinski definition) is 2. The van der Waals surface area contributed by atoms with Gasteiger partial charge in [-0.15, -0.1) is 0 Å². The molecular formula is C14H20O5. The molecule has 0 atom stereocenters. The maximum atomic E-state index is 11.4. The van der Waals surface area contributed by atoms with Crippen LogP contribution in [0.4, 0.5) is 0 Å². The molecule has 1 saturated carbocycles. The molecule has 0 aliphatic heterocycles. The van der Waals surface area contributed by atoms with Gasteiger partial charge in [-0.25, -0.2) is 9.59 Å². The molecule has 0 unspecified atom stereocenters. The van der Waals surface area contributed by atoms with E-state index in [2.05, 4.69) is 6.58 Å². The van der Waals surface area contributed by atoms with Crippen molar-refractivity contribution < 1.29 is 24.5 Å². The van der Waals surface area contributed by atoms with Crippen molar-refractivity contribution in [2.45, 2.75) is 45.3 Å². The monoisotopic (exact) mass is 268 g/mol. The van der Waals surface area contributed by atoms with Crippen LogP contribution >= 0.6 is 0 Å². The second-order valence-corrected chi connectivity index (χ2v) is 5.11. The standard InChI is InChI=1S/C14H20O5/c1-9(2)13(17)19-14(18)6-4-11(5-7-14)8-10(3)12(15)16/h8,11,18H,1,4-7H2,2-3H3,(H,15,16). The Bertz CT molecular complexity index is 414. The highest BCUT2D eigenvalue weighted by molar-refractivity contribution is 5.87. The second-order valence-electron chi connectivity index (χ2n) is 5.11. The van der Waals surface area contributed by atoms with Crippen LogP contribution in [0, 0.1) is 5.92 Å². The van der Waals surface area contributed by atoms with Gasteiger partial charge in [-0.05, 0) is 32.6 Å². The van der Waals surface area contributed by atoms with Crippen molar-refractivity contribution in [1.29, 1.82) is 0 Å². The van der Waals surface area contributed by atoms with E-state index in [1.165, 1.54) is 6.92 Å². The molecule has 0 amide bonds. The van der Waals surface area contributed by atoms with Crippen LogP contribution in [-0.4, -0.2) is 27.9 Å². The van der Waals surface area contributed by atoms with Crippen LogP contribution < -0.4 is 0 Å². The third-order valence-corrected chi connectivity index (χ3v) is 3.27. The Balaban J connectivity index is 2.57. The van der Waals surface area contributed by atoms with Gasteiger partial charge in [0.25, 0.3) is 0 Å². The summed E-state index contributed by atoms with van der Waals surface area (Å²) in [6.45, 7) is 6.53. The van der Waals surface area contributed by atoms with Crippen molar-refractivity contribution in [1.82, 2.24) is 0 Å². The minimum Gasteiger partial charge on any atom is -0.478 e. The lowest BCUT2D eigenvalue weighted by Crippen LogP contribution is -2.38. The van der Waals surface area contributed by atoms with Gasteiger partial charge in [0.1, 0.15) is 0 Å². The zero-order valence-electron chi connectivity index (χ0n) is 11.3. The Kier molecular flexibility index (Phi) is 4.89. The zero-order chi connectivity index (χ0) is 14.6. The number of carboxylic acids is 1. The average molecular weight is 268 g/mol. The van der Waals surface area contributed by atoms with Crippen molar-refractivity contribution in [2.24, 2.45) is 5.92 Å². The van der Waals surface area contributed by atoms with Crippen molar-refractivity contribution >= 4 is 11.9 Å². The number of rotatable bonds is 4. The minimum atomic E-state index is -1.45. The fraction of sp³-hybridized carbons (Fsp3) is 0.571. The molecule has 0 aromatic carbocycles. The Morgan fingerprint density at radius 1 is 1.32 bits per heavy atom. The maximum absolute atomic E-state index is 11.4. The lowest BCUT2D eigenvalue weighted by molar-refractivity contribution is -0.218. The van der Waals surface area contributed by atoms with E-state index < -0.39 is 17.7 Å². The van der Waals surface area contributed by atoms with Gasteiger partial charge in [0.05, 0.1) is 0 Å². The molecule has 1 aliphatic carbocycles. The molecule has 5 heteroatoms. The number of hydrogen-bond acceptors (Lipinski definition) is 4. The average Bonchev–Trinajstić information content (AvgIpc) is 2.31. The first-order valence-electron chi connectivity index (χ1n) is 6.26. The van der Waals surface area contributed by atoms with Crippen molar-refractivity contribution in [2.75, 3.05) is 0 Å². The number of aliphatic carboxylic acids is 1. The summed E-state index contributed by atoms with van der Waals surface area (Å²) in [4.78, 5) is 22.1. The van der Waals surface area contributed by atoms with Gasteiger partial charge in [0, 0.05) is 24.0 Å². The fourth-order valence-corrected chi connectivity index (χ4v) is 2.04. The van der Waals surface area contributed by atoms with E-state index in [-0.39, 0.29) is 11.5 Å². The number of ether oxygens (including phenoxy) is 1. The van der Waals surface area contributed by atoms with Gasteiger partial charge in [0.2, 0.25) is 5.79 Å². The molecule has 19 heavy (non-hydrogen) atoms. The lowest BCUT2D eigenvalue weighted by Gasteiger charge is -2.34. The topological polar surface area (TPSA) is 83.8 Å². The van der Waals surface area contributed by atoms with Gasteiger partial charge in [-0.1, -0.05) is 12.7 Å². The number of carbonyl (C=O) groups excluding carboxylic acids is 1. The molecule has 0 spiro atoms. The van der Waals surface area contributed by atoms with E-state index in [0.29, 0.717) is 31.3 Å². The number of aliphatic hydroxyl groups is 1. The molecular weight excluding hydrogens is 248 g/mol. The van der Waals surface area contributed by atoms with Crippen LogP contribution in [0.5, 0.6) is 0 Å². The molecule has 5 nitrogen and oxygen atoms in total. The molecule has 0 radical (unpaired) electrons. The molecule has 2 N–H and O–H groups in total. The van der Waals surface area contributed by atoms with E-state index in [1.54, 1.807) is 13.0 Å². The number of allylic oxidation sites excluding steroid dienone is 1. The van der Waals surface area contributed by atoms with Crippen LogP contribution in [0.3, 0.4) is 0 Å². The first-order valence-corrected chi connectivity index (χ1v) is 6.26. The number of carboxylic acid groups (broad SMARTS) is 1. The maximum Gasteiger partial charge on any atom is 0.335 e. The summed E-state index contributed by atoms with van der Waals surface area (Å²) in [5, 5.41) is 18.9. The molecule has 0 aromatic heterocycles. The molecule has 0 bridgehead atoms. The predicted molar refractivity (Wildman–Crippen MR) is 69.2 cm³/mol. The van der Waals surface area contributed by atoms with E-state index in [4.69, 9.17) is 9.84 Å². The Morgan fingerprint density at radius 2 is 1.84 bits per heavy atom. The first-order chi connectivity index (χ1) is 8.73. The minimum absolute atomic E-state index is 0.0971. The largest absolute Gasteiger partial charge is 0.478 e. The van der Waals surface area contributed by atoms with Gasteiger partial charge >= 0.3 is 11.9 Å². The molecule has 1 rings (SSSR count). The summed E-state index contributed by atoms with van der Waals surface area (Å²) < 4.78 is 5.02. The Labute approximate surface area is 112 Å². The summed E-state index contributed by atoms with van der Waals surface area (Å²) in [6.07, 6.45) is 3.48. The van der Waals surface area contributed by atoms with Crippen LogP contribution in [0.15, 0.2) is 23.8 Å². The molecule has 106 valence electrons. The molecule has 0 saturated heterocycles. The van der Waals surface area contributed by atoms with Crippen molar-refractivity contribution in [3.63, 3.8) is 0 Å². The highest BCUT2D eigenvalue weighted by Crippen LogP contribution is 2.34. The van der Waals surface area contributed by atoms with Gasteiger partial charge in [-0.2, -0.15) is 0 Å². The zero-order valence-corrected chi connectivity index (χ0v) is 11.3. The van der Waals surface area contributed by atoms with Crippen molar-refractivity contribution in [3.8, 4) is 0 Å². The van der Waals surface area contributed by atoms with E-state index >= 15 is 0 Å². The number of carbonyl (C=O) groups is 2. The number of esters is 1. The third-order valence-electron chi connectivity index (χ3n) is 3.27. The quantitative estimate of drug-likeness (QED) is 0.463. The lowest BCUT2D eigenvalue weighted by atomic mass is 9.84. The van der Waals surface area contributed by atoms with Gasteiger partial charge < -0.3 is 14.9 Å². The molecule has 1 fully saturated rings. The summed E-state index contributed by atoms with van der Waals surface area (Å²) in [5.74, 6) is -2.88. The van der Waals surface area contributed by atoms with E-state index in [1.807, 2.05) is 0 Å². The van der Waals surface area contributed by atoms with Crippen LogP contribution in [0.2, 0.25) is 0 Å². The molecule has 1 aliphatic rings. The third kappa shape index (κ3) is 4.52. The van der Waals surface area contributed by atoms with Gasteiger partial charge in [0.15, 0.2) is 0 Å². The summed E-state index contributed by atoms with van der Waals surface area (Å²) >= 11 is 0. The SMILES string of the molecule is C=C(C)C(=O)OC1(O)CCC(C=C(C)C(=O)O)CC1. The highest BCUT2D eigenvalue weighted by atomic mass is 16.7. The summed E-state index contributed by atoms with van der Waals surface area (Å²) in [6, 6.07) is 0. The van der Waals surface area contributed by atoms with Crippen LogP contribution in [-0.2, 0) is 14.3 Å². The second kappa shape index (κ2) is 6.02. The van der Waals surface area contributed by atoms with Gasteiger partial charge in [-0.3, -0.25) is 0 Å². The smallest absolute Gasteiger partial charge is 0.335 e. The summed E-state index contributed by atoms with van der Waals surface area (Å²) in [5.41, 5.74) is 0.548. The highest BCUT2D eigenvalue weighted by Gasteiger charge is 2.36. The normalized spacial score (nSPS) is 27.7.